The smallest absolute Gasteiger partial charge is 0.313 e. The number of aliphatic hydroxyl groups excluding tert-OH is 1. The standard InChI is InChI=1S/C16H23ClN2O3/c1-11-12(17)6-4-7-13(11)19-15(22)14(21)18-9-5-8-16(2,3)10-20/h4,6-7,20H,5,8-10H2,1-3H3,(H,18,21)(H,19,22). The molecule has 0 aromatic heterocycles. The largest absolute Gasteiger partial charge is 0.396 e. The molecule has 0 heterocycles. The fraction of sp³-hybridized carbons (Fsp3) is 0.500. The summed E-state index contributed by atoms with van der Waals surface area (Å²) in [6.07, 6.45) is 1.46. The maximum atomic E-state index is 11.8. The maximum absolute atomic E-state index is 11.8. The maximum Gasteiger partial charge on any atom is 0.313 e. The lowest BCUT2D eigenvalue weighted by atomic mass is 9.89. The third kappa shape index (κ3) is 5.66. The molecule has 1 rings (SSSR count). The van der Waals surface area contributed by atoms with E-state index in [1.165, 1.54) is 0 Å². The van der Waals surface area contributed by atoms with Gasteiger partial charge in [-0.25, -0.2) is 0 Å². The second-order valence-electron chi connectivity index (χ2n) is 6.05. The lowest BCUT2D eigenvalue weighted by molar-refractivity contribution is -0.136. The first kappa shape index (κ1) is 18.5. The summed E-state index contributed by atoms with van der Waals surface area (Å²) in [7, 11) is 0. The van der Waals surface area contributed by atoms with Gasteiger partial charge in [0.15, 0.2) is 0 Å². The average Bonchev–Trinajstić information content (AvgIpc) is 2.48. The molecule has 0 fully saturated rings. The van der Waals surface area contributed by atoms with Crippen LogP contribution in [0.4, 0.5) is 5.69 Å². The lowest BCUT2D eigenvalue weighted by Gasteiger charge is -2.21. The molecule has 1 aromatic carbocycles. The van der Waals surface area contributed by atoms with Gasteiger partial charge in [0.2, 0.25) is 0 Å². The SMILES string of the molecule is Cc1c(Cl)cccc1NC(=O)C(=O)NCCCC(C)(C)CO. The predicted octanol–water partition coefficient (Wildman–Crippen LogP) is 2.50. The summed E-state index contributed by atoms with van der Waals surface area (Å²) in [4.78, 5) is 23.5. The molecular weight excluding hydrogens is 304 g/mol. The predicted molar refractivity (Wildman–Crippen MR) is 87.9 cm³/mol. The zero-order chi connectivity index (χ0) is 16.8. The Balaban J connectivity index is 2.43. The minimum atomic E-state index is -0.716. The molecule has 22 heavy (non-hydrogen) atoms. The van der Waals surface area contributed by atoms with E-state index < -0.39 is 11.8 Å². The number of benzene rings is 1. The van der Waals surface area contributed by atoms with E-state index in [1.807, 2.05) is 13.8 Å². The molecule has 0 radical (unpaired) electrons. The van der Waals surface area contributed by atoms with E-state index in [0.717, 1.165) is 12.0 Å². The van der Waals surface area contributed by atoms with E-state index in [-0.39, 0.29) is 12.0 Å². The summed E-state index contributed by atoms with van der Waals surface area (Å²) in [6.45, 7) is 6.15. The van der Waals surface area contributed by atoms with Gasteiger partial charge in [-0.1, -0.05) is 31.5 Å². The van der Waals surface area contributed by atoms with E-state index in [1.54, 1.807) is 25.1 Å². The van der Waals surface area contributed by atoms with Crippen LogP contribution in [0.3, 0.4) is 0 Å². The highest BCUT2D eigenvalue weighted by molar-refractivity contribution is 6.40. The van der Waals surface area contributed by atoms with Gasteiger partial charge < -0.3 is 15.7 Å². The molecule has 0 aliphatic carbocycles. The number of carbonyl (C=O) groups excluding carboxylic acids is 2. The molecule has 0 aliphatic rings. The average molecular weight is 327 g/mol. The number of nitrogens with one attached hydrogen (secondary N) is 2. The molecule has 0 bridgehead atoms. The number of carbonyl (C=O) groups is 2. The Morgan fingerprint density at radius 3 is 2.59 bits per heavy atom. The van der Waals surface area contributed by atoms with E-state index in [2.05, 4.69) is 10.6 Å². The number of rotatable bonds is 6. The van der Waals surface area contributed by atoms with Crippen LogP contribution in [-0.4, -0.2) is 30.1 Å². The number of amides is 2. The first-order valence-electron chi connectivity index (χ1n) is 7.22. The summed E-state index contributed by atoms with van der Waals surface area (Å²) >= 11 is 5.96. The van der Waals surface area contributed by atoms with Crippen molar-refractivity contribution in [1.29, 1.82) is 0 Å². The highest BCUT2D eigenvalue weighted by atomic mass is 35.5. The van der Waals surface area contributed by atoms with Crippen LogP contribution in [-0.2, 0) is 9.59 Å². The molecule has 0 spiro atoms. The van der Waals surface area contributed by atoms with E-state index in [4.69, 9.17) is 16.7 Å². The molecule has 1 aromatic rings. The first-order chi connectivity index (χ1) is 10.3. The van der Waals surface area contributed by atoms with Gasteiger partial charge in [-0.05, 0) is 42.9 Å². The van der Waals surface area contributed by atoms with Gasteiger partial charge in [-0.2, -0.15) is 0 Å². The molecule has 6 heteroatoms. The number of anilines is 1. The van der Waals surface area contributed by atoms with Crippen LogP contribution in [0.1, 0.15) is 32.3 Å². The summed E-state index contributed by atoms with van der Waals surface area (Å²) in [5, 5.41) is 14.8. The lowest BCUT2D eigenvalue weighted by Crippen LogP contribution is -2.36. The summed E-state index contributed by atoms with van der Waals surface area (Å²) in [5.41, 5.74) is 1.06. The number of aliphatic hydroxyl groups is 1. The summed E-state index contributed by atoms with van der Waals surface area (Å²) in [6, 6.07) is 5.12. The van der Waals surface area contributed by atoms with Crippen molar-refractivity contribution in [3.63, 3.8) is 0 Å². The fourth-order valence-corrected chi connectivity index (χ4v) is 2.02. The van der Waals surface area contributed by atoms with E-state index >= 15 is 0 Å². The number of hydrogen-bond donors (Lipinski definition) is 3. The fourth-order valence-electron chi connectivity index (χ4n) is 1.85. The van der Waals surface area contributed by atoms with E-state index in [9.17, 15) is 9.59 Å². The van der Waals surface area contributed by atoms with Crippen LogP contribution >= 0.6 is 11.6 Å². The minimum absolute atomic E-state index is 0.0927. The molecule has 0 atom stereocenters. The quantitative estimate of drug-likeness (QED) is 0.555. The van der Waals surface area contributed by atoms with Crippen LogP contribution in [0.5, 0.6) is 0 Å². The second kappa shape index (κ2) is 8.15. The zero-order valence-electron chi connectivity index (χ0n) is 13.2. The Kier molecular flexibility index (Phi) is 6.84. The third-order valence-electron chi connectivity index (χ3n) is 3.47. The molecule has 3 N–H and O–H groups in total. The topological polar surface area (TPSA) is 78.4 Å². The molecule has 5 nitrogen and oxygen atoms in total. The van der Waals surface area contributed by atoms with Crippen molar-refractivity contribution in [2.24, 2.45) is 5.41 Å². The van der Waals surface area contributed by atoms with Gasteiger partial charge in [-0.3, -0.25) is 9.59 Å². The van der Waals surface area contributed by atoms with Crippen molar-refractivity contribution in [3.8, 4) is 0 Å². The summed E-state index contributed by atoms with van der Waals surface area (Å²) < 4.78 is 0. The molecule has 0 unspecified atom stereocenters. The Hall–Kier alpha value is -1.59. The van der Waals surface area contributed by atoms with E-state index in [0.29, 0.717) is 23.7 Å². The van der Waals surface area contributed by atoms with Gasteiger partial charge in [0.1, 0.15) is 0 Å². The van der Waals surface area contributed by atoms with Crippen molar-refractivity contribution in [2.45, 2.75) is 33.6 Å². The molecule has 2 amide bonds. The first-order valence-corrected chi connectivity index (χ1v) is 7.60. The normalized spacial score (nSPS) is 11.1. The molecule has 0 saturated heterocycles. The van der Waals surface area contributed by atoms with Crippen molar-refractivity contribution in [1.82, 2.24) is 5.32 Å². The van der Waals surface area contributed by atoms with Crippen molar-refractivity contribution in [3.05, 3.63) is 28.8 Å². The Morgan fingerprint density at radius 1 is 1.27 bits per heavy atom. The minimum Gasteiger partial charge on any atom is -0.396 e. The highest BCUT2D eigenvalue weighted by Gasteiger charge is 2.17. The van der Waals surface area contributed by atoms with Crippen LogP contribution in [0.2, 0.25) is 5.02 Å². The van der Waals surface area contributed by atoms with Crippen LogP contribution < -0.4 is 10.6 Å². The third-order valence-corrected chi connectivity index (χ3v) is 3.88. The zero-order valence-corrected chi connectivity index (χ0v) is 14.0. The van der Waals surface area contributed by atoms with Crippen molar-refractivity contribution < 1.29 is 14.7 Å². The number of hydrogen-bond acceptors (Lipinski definition) is 3. The Labute approximate surface area is 136 Å². The van der Waals surface area contributed by atoms with Crippen molar-refractivity contribution in [2.75, 3.05) is 18.5 Å². The van der Waals surface area contributed by atoms with Crippen LogP contribution in [0.15, 0.2) is 18.2 Å². The van der Waals surface area contributed by atoms with Gasteiger partial charge in [0, 0.05) is 23.9 Å². The highest BCUT2D eigenvalue weighted by Crippen LogP contribution is 2.23. The monoisotopic (exact) mass is 326 g/mol. The summed E-state index contributed by atoms with van der Waals surface area (Å²) in [5.74, 6) is -1.40. The van der Waals surface area contributed by atoms with Gasteiger partial charge in [0.25, 0.3) is 0 Å². The van der Waals surface area contributed by atoms with Gasteiger partial charge in [0.05, 0.1) is 0 Å². The molecule has 0 aliphatic heterocycles. The van der Waals surface area contributed by atoms with Crippen LogP contribution in [0, 0.1) is 12.3 Å². The molecular formula is C16H23ClN2O3. The second-order valence-corrected chi connectivity index (χ2v) is 6.46. The number of halogens is 1. The Morgan fingerprint density at radius 2 is 1.95 bits per heavy atom. The van der Waals surface area contributed by atoms with Gasteiger partial charge >= 0.3 is 11.8 Å². The molecule has 122 valence electrons. The van der Waals surface area contributed by atoms with Crippen LogP contribution in [0.25, 0.3) is 0 Å². The van der Waals surface area contributed by atoms with Gasteiger partial charge in [-0.15, -0.1) is 0 Å². The molecule has 0 saturated carbocycles. The Bertz CT molecular complexity index is 544. The van der Waals surface area contributed by atoms with Crippen molar-refractivity contribution >= 4 is 29.1 Å².